The second-order valence-electron chi connectivity index (χ2n) is 5.83. The number of benzene rings is 1. The van der Waals surface area contributed by atoms with Gasteiger partial charge < -0.3 is 4.90 Å². The van der Waals surface area contributed by atoms with Crippen molar-refractivity contribution in [2.75, 3.05) is 18.1 Å². The second-order valence-corrected chi connectivity index (χ2v) is 8.47. The Labute approximate surface area is 145 Å². The van der Waals surface area contributed by atoms with Crippen LogP contribution in [-0.4, -0.2) is 48.2 Å². The van der Waals surface area contributed by atoms with E-state index in [9.17, 15) is 23.3 Å². The topological polar surface area (TPSA) is 97.6 Å². The standard InChI is InChI=1S/C15H19ClN2O5S/c1-2-3-7-17(12-6-8-24(22,23)10-12)15(19)13-5-4-11(18(20)21)9-14(13)16/h4-5,9,12H,2-3,6-8,10H2,1H3. The average Bonchev–Trinajstić information content (AvgIpc) is 2.87. The van der Waals surface area contributed by atoms with Crippen molar-refractivity contribution < 1.29 is 18.1 Å². The van der Waals surface area contributed by atoms with Crippen molar-refractivity contribution >= 4 is 33.0 Å². The maximum absolute atomic E-state index is 12.8. The summed E-state index contributed by atoms with van der Waals surface area (Å²) in [6.45, 7) is 2.41. The average molecular weight is 375 g/mol. The first-order chi connectivity index (χ1) is 11.2. The largest absolute Gasteiger partial charge is 0.335 e. The maximum Gasteiger partial charge on any atom is 0.270 e. The summed E-state index contributed by atoms with van der Waals surface area (Å²) < 4.78 is 23.5. The first-order valence-electron chi connectivity index (χ1n) is 7.70. The number of sulfone groups is 1. The number of unbranched alkanes of at least 4 members (excludes halogenated alkanes) is 1. The summed E-state index contributed by atoms with van der Waals surface area (Å²) in [6, 6.07) is 3.31. The highest BCUT2D eigenvalue weighted by Crippen LogP contribution is 2.26. The molecule has 0 spiro atoms. The van der Waals surface area contributed by atoms with Gasteiger partial charge in [0, 0.05) is 24.7 Å². The van der Waals surface area contributed by atoms with Crippen LogP contribution >= 0.6 is 11.6 Å². The Kier molecular flexibility index (Phi) is 5.82. The van der Waals surface area contributed by atoms with E-state index in [0.29, 0.717) is 13.0 Å². The molecule has 1 heterocycles. The summed E-state index contributed by atoms with van der Waals surface area (Å²) >= 11 is 6.04. The van der Waals surface area contributed by atoms with Gasteiger partial charge in [0.05, 0.1) is 27.0 Å². The van der Waals surface area contributed by atoms with E-state index < -0.39 is 14.8 Å². The van der Waals surface area contributed by atoms with Crippen LogP contribution < -0.4 is 0 Å². The normalized spacial score (nSPS) is 19.2. The van der Waals surface area contributed by atoms with Crippen LogP contribution in [0.5, 0.6) is 0 Å². The number of rotatable bonds is 6. The molecule has 0 aliphatic carbocycles. The van der Waals surface area contributed by atoms with Crippen molar-refractivity contribution in [3.05, 3.63) is 38.9 Å². The number of carbonyl (C=O) groups excluding carboxylic acids is 1. The van der Waals surface area contributed by atoms with Crippen LogP contribution in [-0.2, 0) is 9.84 Å². The van der Waals surface area contributed by atoms with Crippen LogP contribution in [0.4, 0.5) is 5.69 Å². The minimum atomic E-state index is -3.13. The molecule has 24 heavy (non-hydrogen) atoms. The third-order valence-electron chi connectivity index (χ3n) is 4.06. The number of hydrogen-bond acceptors (Lipinski definition) is 5. The van der Waals surface area contributed by atoms with Crippen LogP contribution in [0.25, 0.3) is 0 Å². The van der Waals surface area contributed by atoms with Gasteiger partial charge in [-0.2, -0.15) is 0 Å². The molecule has 1 aliphatic rings. The monoisotopic (exact) mass is 374 g/mol. The molecule has 1 amide bonds. The minimum absolute atomic E-state index is 0.00319. The van der Waals surface area contributed by atoms with Crippen molar-refractivity contribution in [1.82, 2.24) is 4.90 Å². The van der Waals surface area contributed by atoms with E-state index in [0.717, 1.165) is 18.9 Å². The molecule has 0 saturated carbocycles. The molecule has 1 unspecified atom stereocenters. The zero-order valence-electron chi connectivity index (χ0n) is 13.3. The highest BCUT2D eigenvalue weighted by Gasteiger charge is 2.35. The van der Waals surface area contributed by atoms with E-state index >= 15 is 0 Å². The Bertz CT molecular complexity index is 750. The number of non-ortho nitro benzene ring substituents is 1. The van der Waals surface area contributed by atoms with Gasteiger partial charge in [-0.05, 0) is 18.9 Å². The number of nitro groups is 1. The number of nitrogens with zero attached hydrogens (tertiary/aromatic N) is 2. The Morgan fingerprint density at radius 1 is 1.46 bits per heavy atom. The molecule has 0 N–H and O–H groups in total. The van der Waals surface area contributed by atoms with Gasteiger partial charge in [-0.25, -0.2) is 8.42 Å². The Hall–Kier alpha value is -1.67. The van der Waals surface area contributed by atoms with E-state index in [1.54, 1.807) is 4.90 Å². The highest BCUT2D eigenvalue weighted by molar-refractivity contribution is 7.91. The molecular formula is C15H19ClN2O5S. The van der Waals surface area contributed by atoms with Gasteiger partial charge in [0.25, 0.3) is 11.6 Å². The van der Waals surface area contributed by atoms with Crippen molar-refractivity contribution in [2.24, 2.45) is 0 Å². The summed E-state index contributed by atoms with van der Waals surface area (Å²) in [5.74, 6) is -0.361. The van der Waals surface area contributed by atoms with E-state index in [1.165, 1.54) is 12.1 Å². The third-order valence-corrected chi connectivity index (χ3v) is 6.12. The van der Waals surface area contributed by atoms with Crippen molar-refractivity contribution in [1.29, 1.82) is 0 Å². The minimum Gasteiger partial charge on any atom is -0.335 e. The number of halogens is 1. The lowest BCUT2D eigenvalue weighted by atomic mass is 10.1. The van der Waals surface area contributed by atoms with E-state index in [4.69, 9.17) is 11.6 Å². The van der Waals surface area contributed by atoms with Crippen LogP contribution in [0.1, 0.15) is 36.5 Å². The van der Waals surface area contributed by atoms with E-state index in [-0.39, 0.29) is 39.7 Å². The number of hydrogen-bond donors (Lipinski definition) is 0. The summed E-state index contributed by atoms with van der Waals surface area (Å²) in [5, 5.41) is 10.8. The van der Waals surface area contributed by atoms with Gasteiger partial charge in [0.1, 0.15) is 0 Å². The van der Waals surface area contributed by atoms with Gasteiger partial charge in [-0.1, -0.05) is 24.9 Å². The fourth-order valence-electron chi connectivity index (χ4n) is 2.75. The van der Waals surface area contributed by atoms with Gasteiger partial charge in [-0.3, -0.25) is 14.9 Å². The van der Waals surface area contributed by atoms with Gasteiger partial charge >= 0.3 is 0 Å². The second kappa shape index (κ2) is 7.48. The SMILES string of the molecule is CCCCN(C(=O)c1ccc([N+](=O)[O-])cc1Cl)C1CCS(=O)(=O)C1. The Balaban J connectivity index is 2.29. The summed E-state index contributed by atoms with van der Waals surface area (Å²) in [7, 11) is -3.13. The molecule has 0 aromatic heterocycles. The first kappa shape index (κ1) is 18.7. The molecule has 1 aliphatic heterocycles. The van der Waals surface area contributed by atoms with Crippen LogP contribution in [0.3, 0.4) is 0 Å². The van der Waals surface area contributed by atoms with Crippen molar-refractivity contribution in [3.63, 3.8) is 0 Å². The smallest absolute Gasteiger partial charge is 0.270 e. The molecule has 1 saturated heterocycles. The molecule has 132 valence electrons. The number of carbonyl (C=O) groups is 1. The van der Waals surface area contributed by atoms with Crippen LogP contribution in [0.2, 0.25) is 5.02 Å². The van der Waals surface area contributed by atoms with Gasteiger partial charge in [-0.15, -0.1) is 0 Å². The predicted octanol–water partition coefficient (Wildman–Crippen LogP) is 2.68. The lowest BCUT2D eigenvalue weighted by molar-refractivity contribution is -0.384. The third kappa shape index (κ3) is 4.24. The van der Waals surface area contributed by atoms with Gasteiger partial charge in [0.15, 0.2) is 9.84 Å². The molecule has 2 rings (SSSR count). The fourth-order valence-corrected chi connectivity index (χ4v) is 4.73. The molecule has 1 aromatic carbocycles. The Morgan fingerprint density at radius 3 is 2.67 bits per heavy atom. The van der Waals surface area contributed by atoms with Crippen molar-refractivity contribution in [2.45, 2.75) is 32.2 Å². The predicted molar refractivity (Wildman–Crippen MR) is 91.1 cm³/mol. The lowest BCUT2D eigenvalue weighted by Crippen LogP contribution is -2.41. The molecule has 1 fully saturated rings. The molecule has 0 bridgehead atoms. The number of amides is 1. The van der Waals surface area contributed by atoms with Crippen LogP contribution in [0.15, 0.2) is 18.2 Å². The highest BCUT2D eigenvalue weighted by atomic mass is 35.5. The summed E-state index contributed by atoms with van der Waals surface area (Å²) in [5.41, 5.74) is -0.0391. The maximum atomic E-state index is 12.8. The van der Waals surface area contributed by atoms with E-state index in [1.807, 2.05) is 6.92 Å². The molecular weight excluding hydrogens is 356 g/mol. The Morgan fingerprint density at radius 2 is 2.17 bits per heavy atom. The summed E-state index contributed by atoms with van der Waals surface area (Å²) in [6.07, 6.45) is 2.01. The molecule has 0 radical (unpaired) electrons. The summed E-state index contributed by atoms with van der Waals surface area (Å²) in [4.78, 5) is 24.6. The zero-order chi connectivity index (χ0) is 17.9. The zero-order valence-corrected chi connectivity index (χ0v) is 14.8. The lowest BCUT2D eigenvalue weighted by Gasteiger charge is -2.28. The number of nitro benzene ring substituents is 1. The molecule has 9 heteroatoms. The van der Waals surface area contributed by atoms with Crippen molar-refractivity contribution in [3.8, 4) is 0 Å². The fraction of sp³-hybridized carbons (Fsp3) is 0.533. The van der Waals surface area contributed by atoms with E-state index in [2.05, 4.69) is 0 Å². The molecule has 1 atom stereocenters. The first-order valence-corrected chi connectivity index (χ1v) is 9.90. The molecule has 7 nitrogen and oxygen atoms in total. The van der Waals surface area contributed by atoms with Crippen LogP contribution in [0, 0.1) is 10.1 Å². The quantitative estimate of drug-likeness (QED) is 0.563. The van der Waals surface area contributed by atoms with Gasteiger partial charge in [0.2, 0.25) is 0 Å². The molecule has 1 aromatic rings.